The van der Waals surface area contributed by atoms with Crippen LogP contribution in [0.4, 0.5) is 5.82 Å². The number of anilines is 1. The van der Waals surface area contributed by atoms with Crippen LogP contribution < -0.4 is 5.73 Å². The van der Waals surface area contributed by atoms with Gasteiger partial charge in [-0.25, -0.2) is 14.6 Å². The van der Waals surface area contributed by atoms with E-state index in [1.807, 2.05) is 4.68 Å². The van der Waals surface area contributed by atoms with Crippen molar-refractivity contribution in [2.24, 2.45) is 5.41 Å². The lowest BCUT2D eigenvalue weighted by atomic mass is 9.97. The molecule has 5 heteroatoms. The van der Waals surface area contributed by atoms with E-state index in [-0.39, 0.29) is 5.41 Å². The molecule has 0 spiro atoms. The van der Waals surface area contributed by atoms with Crippen molar-refractivity contribution >= 4 is 16.9 Å². The molecule has 0 unspecified atom stereocenters. The van der Waals surface area contributed by atoms with Gasteiger partial charge in [0.1, 0.15) is 12.1 Å². The fraction of sp³-hybridized carbons (Fsp3) is 0.500. The van der Waals surface area contributed by atoms with Crippen LogP contribution in [0.3, 0.4) is 0 Å². The third-order valence-electron chi connectivity index (χ3n) is 2.09. The Hall–Kier alpha value is -1.65. The first kappa shape index (κ1) is 9.89. The van der Waals surface area contributed by atoms with E-state index in [1.165, 1.54) is 6.33 Å². The summed E-state index contributed by atoms with van der Waals surface area (Å²) < 4.78 is 1.87. The van der Waals surface area contributed by atoms with Gasteiger partial charge in [0.15, 0.2) is 5.65 Å². The van der Waals surface area contributed by atoms with Crippen molar-refractivity contribution in [1.29, 1.82) is 0 Å². The highest BCUT2D eigenvalue weighted by atomic mass is 15.3. The number of nitrogens with two attached hydrogens (primary N) is 1. The Balaban J connectivity index is 2.50. The molecule has 80 valence electrons. The van der Waals surface area contributed by atoms with E-state index in [0.717, 1.165) is 17.6 Å². The first-order chi connectivity index (χ1) is 6.97. The molecule has 0 saturated carbocycles. The normalized spacial score (nSPS) is 12.2. The summed E-state index contributed by atoms with van der Waals surface area (Å²) in [6.45, 7) is 7.29. The Labute approximate surface area is 88.3 Å². The van der Waals surface area contributed by atoms with Gasteiger partial charge in [-0.15, -0.1) is 0 Å². The second kappa shape index (κ2) is 3.18. The highest BCUT2D eigenvalue weighted by Crippen LogP contribution is 2.21. The summed E-state index contributed by atoms with van der Waals surface area (Å²) in [4.78, 5) is 8.13. The standard InChI is InChI=1S/C10H15N5/c1-10(2,3)5-15-9-7(4-14-15)8(11)12-6-13-9/h4,6H,5H2,1-3H3,(H2,11,12,13). The molecular formula is C10H15N5. The molecule has 2 aromatic heterocycles. The molecule has 2 aromatic rings. The molecule has 0 aromatic carbocycles. The smallest absolute Gasteiger partial charge is 0.163 e. The van der Waals surface area contributed by atoms with Crippen LogP contribution in [0.5, 0.6) is 0 Å². The molecule has 0 bridgehead atoms. The van der Waals surface area contributed by atoms with Gasteiger partial charge in [-0.3, -0.25) is 0 Å². The van der Waals surface area contributed by atoms with Gasteiger partial charge < -0.3 is 5.73 Å². The first-order valence-corrected chi connectivity index (χ1v) is 4.89. The summed E-state index contributed by atoms with van der Waals surface area (Å²) in [5, 5.41) is 5.10. The Kier molecular flexibility index (Phi) is 2.10. The first-order valence-electron chi connectivity index (χ1n) is 4.89. The van der Waals surface area contributed by atoms with Gasteiger partial charge in [-0.05, 0) is 5.41 Å². The topological polar surface area (TPSA) is 69.6 Å². The maximum Gasteiger partial charge on any atom is 0.163 e. The van der Waals surface area contributed by atoms with Crippen molar-refractivity contribution in [3.8, 4) is 0 Å². The fourth-order valence-electron chi connectivity index (χ4n) is 1.48. The van der Waals surface area contributed by atoms with E-state index in [0.29, 0.717) is 5.82 Å². The number of nitrogens with zero attached hydrogens (tertiary/aromatic N) is 4. The third-order valence-corrected chi connectivity index (χ3v) is 2.09. The summed E-state index contributed by atoms with van der Waals surface area (Å²) in [5.74, 6) is 0.486. The summed E-state index contributed by atoms with van der Waals surface area (Å²) in [6.07, 6.45) is 3.19. The van der Waals surface area contributed by atoms with Crippen LogP contribution in [0.1, 0.15) is 20.8 Å². The quantitative estimate of drug-likeness (QED) is 0.765. The van der Waals surface area contributed by atoms with Gasteiger partial charge in [0.05, 0.1) is 11.6 Å². The number of hydrogen-bond acceptors (Lipinski definition) is 4. The highest BCUT2D eigenvalue weighted by molar-refractivity contribution is 5.84. The molecule has 0 radical (unpaired) electrons. The van der Waals surface area contributed by atoms with Gasteiger partial charge in [0, 0.05) is 6.54 Å². The Morgan fingerprint density at radius 3 is 2.73 bits per heavy atom. The third kappa shape index (κ3) is 1.91. The van der Waals surface area contributed by atoms with Gasteiger partial charge >= 0.3 is 0 Å². The largest absolute Gasteiger partial charge is 0.383 e. The van der Waals surface area contributed by atoms with Crippen LogP contribution >= 0.6 is 0 Å². The van der Waals surface area contributed by atoms with Crippen molar-refractivity contribution in [2.75, 3.05) is 5.73 Å². The van der Waals surface area contributed by atoms with Crippen LogP contribution in [0.15, 0.2) is 12.5 Å². The van der Waals surface area contributed by atoms with E-state index in [4.69, 9.17) is 5.73 Å². The summed E-state index contributed by atoms with van der Waals surface area (Å²) in [7, 11) is 0. The number of nitrogen functional groups attached to an aromatic ring is 1. The maximum absolute atomic E-state index is 5.73. The zero-order chi connectivity index (χ0) is 11.1. The molecule has 0 fully saturated rings. The van der Waals surface area contributed by atoms with Gasteiger partial charge in [-0.1, -0.05) is 20.8 Å². The average Bonchev–Trinajstić information content (AvgIpc) is 2.48. The lowest BCUT2D eigenvalue weighted by molar-refractivity contribution is 0.330. The molecule has 0 aliphatic heterocycles. The zero-order valence-electron chi connectivity index (χ0n) is 9.23. The molecular weight excluding hydrogens is 190 g/mol. The molecule has 0 saturated heterocycles. The van der Waals surface area contributed by atoms with E-state index in [2.05, 4.69) is 35.8 Å². The lowest BCUT2D eigenvalue weighted by Crippen LogP contribution is -2.16. The highest BCUT2D eigenvalue weighted by Gasteiger charge is 2.15. The van der Waals surface area contributed by atoms with Crippen LogP contribution in [-0.4, -0.2) is 19.7 Å². The van der Waals surface area contributed by atoms with E-state index < -0.39 is 0 Å². The molecule has 0 aliphatic rings. The van der Waals surface area contributed by atoms with Crippen LogP contribution in [0.25, 0.3) is 11.0 Å². The second-order valence-corrected chi connectivity index (χ2v) is 4.86. The van der Waals surface area contributed by atoms with Gasteiger partial charge in [0.2, 0.25) is 0 Å². The van der Waals surface area contributed by atoms with Gasteiger partial charge in [-0.2, -0.15) is 5.10 Å². The molecule has 2 heterocycles. The predicted octanol–water partition coefficient (Wildman–Crippen LogP) is 1.45. The van der Waals surface area contributed by atoms with Crippen LogP contribution in [0.2, 0.25) is 0 Å². The van der Waals surface area contributed by atoms with Crippen LogP contribution in [0, 0.1) is 5.41 Å². The number of fused-ring (bicyclic) bond motifs is 1. The monoisotopic (exact) mass is 205 g/mol. The molecule has 2 rings (SSSR count). The number of aromatic nitrogens is 4. The fourth-order valence-corrected chi connectivity index (χ4v) is 1.48. The minimum Gasteiger partial charge on any atom is -0.383 e. The van der Waals surface area contributed by atoms with E-state index >= 15 is 0 Å². The molecule has 0 amide bonds. The van der Waals surface area contributed by atoms with E-state index in [9.17, 15) is 0 Å². The maximum atomic E-state index is 5.73. The minimum absolute atomic E-state index is 0.165. The van der Waals surface area contributed by atoms with Crippen molar-refractivity contribution in [3.63, 3.8) is 0 Å². The molecule has 0 aliphatic carbocycles. The number of rotatable bonds is 1. The van der Waals surface area contributed by atoms with Crippen molar-refractivity contribution in [1.82, 2.24) is 19.7 Å². The lowest BCUT2D eigenvalue weighted by Gasteiger charge is -2.17. The Morgan fingerprint density at radius 1 is 1.33 bits per heavy atom. The minimum atomic E-state index is 0.165. The van der Waals surface area contributed by atoms with Crippen molar-refractivity contribution in [3.05, 3.63) is 12.5 Å². The van der Waals surface area contributed by atoms with Crippen molar-refractivity contribution < 1.29 is 0 Å². The Bertz CT molecular complexity index is 480. The zero-order valence-corrected chi connectivity index (χ0v) is 9.23. The van der Waals surface area contributed by atoms with E-state index in [1.54, 1.807) is 6.20 Å². The Morgan fingerprint density at radius 2 is 2.07 bits per heavy atom. The SMILES string of the molecule is CC(C)(C)Cn1ncc2c(N)ncnc21. The molecule has 0 atom stereocenters. The second-order valence-electron chi connectivity index (χ2n) is 4.86. The number of hydrogen-bond donors (Lipinski definition) is 1. The molecule has 15 heavy (non-hydrogen) atoms. The van der Waals surface area contributed by atoms with Crippen LogP contribution in [-0.2, 0) is 6.54 Å². The average molecular weight is 205 g/mol. The summed E-state index contributed by atoms with van der Waals surface area (Å²) in [5.41, 5.74) is 6.70. The van der Waals surface area contributed by atoms with Gasteiger partial charge in [0.25, 0.3) is 0 Å². The molecule has 5 nitrogen and oxygen atoms in total. The summed E-state index contributed by atoms with van der Waals surface area (Å²) >= 11 is 0. The summed E-state index contributed by atoms with van der Waals surface area (Å²) in [6, 6.07) is 0. The van der Waals surface area contributed by atoms with Crippen molar-refractivity contribution in [2.45, 2.75) is 27.3 Å². The molecule has 2 N–H and O–H groups in total. The predicted molar refractivity (Wildman–Crippen MR) is 59.2 cm³/mol.